The van der Waals surface area contributed by atoms with Crippen LogP contribution < -0.4 is 15.4 Å². The fourth-order valence-corrected chi connectivity index (χ4v) is 2.73. The number of rotatable bonds is 5. The minimum Gasteiger partial charge on any atom is -0.492 e. The zero-order chi connectivity index (χ0) is 14.8. The molecule has 0 saturated heterocycles. The Hall–Kier alpha value is -1.44. The van der Waals surface area contributed by atoms with Crippen LogP contribution in [0.1, 0.15) is 23.0 Å². The van der Waals surface area contributed by atoms with Crippen LogP contribution in [0.4, 0.5) is 23.9 Å². The van der Waals surface area contributed by atoms with E-state index in [0.717, 1.165) is 16.2 Å². The molecule has 1 aromatic heterocycles. The van der Waals surface area contributed by atoms with Gasteiger partial charge in [-0.15, -0.1) is 11.3 Å². The zero-order valence-corrected chi connectivity index (χ0v) is 11.6. The molecule has 0 radical (unpaired) electrons. The highest BCUT2D eigenvalue weighted by Gasteiger charge is 2.32. The molecule has 0 aliphatic heterocycles. The van der Waals surface area contributed by atoms with Crippen molar-refractivity contribution in [2.75, 3.05) is 31.3 Å². The predicted octanol–water partition coefficient (Wildman–Crippen LogP) is 2.93. The monoisotopic (exact) mass is 296 g/mol. The second-order valence-electron chi connectivity index (χ2n) is 3.93. The smallest absolute Gasteiger partial charge is 0.405 e. The van der Waals surface area contributed by atoms with E-state index < -0.39 is 12.7 Å². The van der Waals surface area contributed by atoms with Gasteiger partial charge >= 0.3 is 6.18 Å². The van der Waals surface area contributed by atoms with Crippen LogP contribution in [0.2, 0.25) is 0 Å². The number of nitrogens with two attached hydrogens (primary N) is 1. The number of nitrogen functional groups attached to an aromatic ring is 1. The Kier molecular flexibility index (Phi) is 4.67. The Morgan fingerprint density at radius 3 is 2.47 bits per heavy atom. The number of carbonyl (C=O) groups excluding carboxylic acids is 1. The summed E-state index contributed by atoms with van der Waals surface area (Å²) in [6.45, 7) is 0.524. The molecule has 0 amide bonds. The van der Waals surface area contributed by atoms with Crippen molar-refractivity contribution in [3.63, 3.8) is 0 Å². The van der Waals surface area contributed by atoms with E-state index in [4.69, 9.17) is 10.5 Å². The van der Waals surface area contributed by atoms with Crippen molar-refractivity contribution >= 4 is 27.8 Å². The number of methoxy groups -OCH3 is 1. The number of thiophene rings is 1. The second-order valence-corrected chi connectivity index (χ2v) is 4.93. The molecule has 0 aliphatic carbocycles. The lowest BCUT2D eigenvalue weighted by Gasteiger charge is -2.20. The molecule has 0 fully saturated rings. The average molecular weight is 296 g/mol. The highest BCUT2D eigenvalue weighted by atomic mass is 32.1. The maximum absolute atomic E-state index is 12.4. The average Bonchev–Trinajstić information content (AvgIpc) is 2.63. The Morgan fingerprint density at radius 1 is 1.47 bits per heavy atom. The van der Waals surface area contributed by atoms with E-state index in [0.29, 0.717) is 0 Å². The lowest BCUT2D eigenvalue weighted by Crippen LogP contribution is -2.30. The van der Waals surface area contributed by atoms with Crippen LogP contribution in [0.25, 0.3) is 0 Å². The van der Waals surface area contributed by atoms with Gasteiger partial charge in [-0.25, -0.2) is 0 Å². The molecule has 2 N–H and O–H groups in total. The maximum Gasteiger partial charge on any atom is 0.405 e. The van der Waals surface area contributed by atoms with Crippen molar-refractivity contribution in [2.45, 2.75) is 19.5 Å². The summed E-state index contributed by atoms with van der Waals surface area (Å²) in [5, 5.41) is 0.203. The van der Waals surface area contributed by atoms with E-state index in [1.165, 1.54) is 14.2 Å². The molecule has 1 aromatic rings. The normalized spacial score (nSPS) is 11.5. The van der Waals surface area contributed by atoms with Crippen LogP contribution in [0.3, 0.4) is 0 Å². The number of halogens is 3. The van der Waals surface area contributed by atoms with Crippen molar-refractivity contribution < 1.29 is 22.7 Å². The highest BCUT2D eigenvalue weighted by molar-refractivity contribution is 7.19. The molecule has 4 nitrogen and oxygen atoms in total. The lowest BCUT2D eigenvalue weighted by atomic mass is 10.2. The van der Waals surface area contributed by atoms with Crippen molar-refractivity contribution in [3.8, 4) is 5.75 Å². The predicted molar refractivity (Wildman–Crippen MR) is 69.2 cm³/mol. The van der Waals surface area contributed by atoms with Gasteiger partial charge in [0.25, 0.3) is 0 Å². The van der Waals surface area contributed by atoms with E-state index in [-0.39, 0.29) is 33.5 Å². The van der Waals surface area contributed by atoms with Crippen molar-refractivity contribution in [1.82, 2.24) is 0 Å². The molecule has 19 heavy (non-hydrogen) atoms. The minimum absolute atomic E-state index is 0.100. The third-order valence-electron chi connectivity index (χ3n) is 2.42. The molecule has 0 aliphatic rings. The molecule has 108 valence electrons. The number of anilines is 2. The number of carbonyl (C=O) groups is 1. The molecule has 0 bridgehead atoms. The summed E-state index contributed by atoms with van der Waals surface area (Å²) in [4.78, 5) is 12.9. The Balaban J connectivity index is 3.17. The summed E-state index contributed by atoms with van der Waals surface area (Å²) in [7, 11) is 2.59. The summed E-state index contributed by atoms with van der Waals surface area (Å²) in [5.74, 6) is -0.0963. The van der Waals surface area contributed by atoms with Crippen molar-refractivity contribution in [3.05, 3.63) is 4.88 Å². The van der Waals surface area contributed by atoms with Gasteiger partial charge in [0, 0.05) is 13.5 Å². The van der Waals surface area contributed by atoms with Crippen LogP contribution in [0, 0.1) is 0 Å². The van der Waals surface area contributed by atoms with Gasteiger partial charge in [-0.3, -0.25) is 4.79 Å². The summed E-state index contributed by atoms with van der Waals surface area (Å²) >= 11 is 0.919. The number of hydrogen-bond donors (Lipinski definition) is 1. The molecule has 0 spiro atoms. The van der Waals surface area contributed by atoms with Crippen molar-refractivity contribution in [2.24, 2.45) is 0 Å². The maximum atomic E-state index is 12.4. The molecule has 0 unspecified atom stereocenters. The summed E-state index contributed by atoms with van der Waals surface area (Å²) in [6, 6.07) is 0. The van der Waals surface area contributed by atoms with E-state index >= 15 is 0 Å². The number of nitrogens with zero attached hydrogens (tertiary/aromatic N) is 1. The highest BCUT2D eigenvalue weighted by Crippen LogP contribution is 2.45. The third-order valence-corrected chi connectivity index (χ3v) is 3.77. The van der Waals surface area contributed by atoms with Crippen LogP contribution in [0.15, 0.2) is 0 Å². The summed E-state index contributed by atoms with van der Waals surface area (Å²) < 4.78 is 42.2. The van der Waals surface area contributed by atoms with E-state index in [1.807, 2.05) is 0 Å². The zero-order valence-electron chi connectivity index (χ0n) is 10.8. The first-order valence-corrected chi connectivity index (χ1v) is 6.30. The Bertz CT molecular complexity index is 471. The molecular weight excluding hydrogens is 281 g/mol. The van der Waals surface area contributed by atoms with Gasteiger partial charge in [0.15, 0.2) is 11.5 Å². The van der Waals surface area contributed by atoms with Gasteiger partial charge in [0.05, 0.1) is 17.7 Å². The minimum atomic E-state index is -4.34. The van der Waals surface area contributed by atoms with E-state index in [9.17, 15) is 18.0 Å². The first-order valence-electron chi connectivity index (χ1n) is 5.48. The molecule has 8 heteroatoms. The van der Waals surface area contributed by atoms with E-state index in [2.05, 4.69) is 0 Å². The molecule has 1 rings (SSSR count). The number of alkyl halides is 3. The molecule has 0 aromatic carbocycles. The fourth-order valence-electron chi connectivity index (χ4n) is 1.57. The molecule has 0 atom stereocenters. The standard InChI is InChI=1S/C11H15F3N2O2S/c1-4-6(17)9-7(15)8(18-3)10(19-9)16(2)5-11(12,13)14/h4-5,15H2,1-3H3. The summed E-state index contributed by atoms with van der Waals surface area (Å²) in [5.41, 5.74) is 5.85. The van der Waals surface area contributed by atoms with E-state index in [1.54, 1.807) is 6.92 Å². The van der Waals surface area contributed by atoms with Gasteiger partial charge in [-0.1, -0.05) is 6.92 Å². The first-order chi connectivity index (χ1) is 8.71. The number of hydrogen-bond acceptors (Lipinski definition) is 5. The Morgan fingerprint density at radius 2 is 2.05 bits per heavy atom. The van der Waals surface area contributed by atoms with Crippen LogP contribution in [0.5, 0.6) is 5.75 Å². The van der Waals surface area contributed by atoms with Crippen LogP contribution in [-0.2, 0) is 0 Å². The number of ether oxygens (including phenoxy) is 1. The van der Waals surface area contributed by atoms with Gasteiger partial charge in [0.2, 0.25) is 0 Å². The molecular formula is C11H15F3N2O2S. The summed E-state index contributed by atoms with van der Waals surface area (Å²) in [6.07, 6.45) is -4.11. The fraction of sp³-hybridized carbons (Fsp3) is 0.545. The van der Waals surface area contributed by atoms with Gasteiger partial charge in [-0.05, 0) is 0 Å². The second kappa shape index (κ2) is 5.68. The van der Waals surface area contributed by atoms with Gasteiger partial charge < -0.3 is 15.4 Å². The SMILES string of the molecule is CCC(=O)c1sc(N(C)CC(F)(F)F)c(OC)c1N. The van der Waals surface area contributed by atoms with Gasteiger partial charge in [0.1, 0.15) is 11.5 Å². The van der Waals surface area contributed by atoms with Gasteiger partial charge in [-0.2, -0.15) is 13.2 Å². The topological polar surface area (TPSA) is 55.6 Å². The number of Topliss-reactive ketones (excluding diaryl/α,β-unsaturated/α-hetero) is 1. The quantitative estimate of drug-likeness (QED) is 0.849. The molecule has 0 saturated carbocycles. The van der Waals surface area contributed by atoms with Crippen LogP contribution in [-0.4, -0.2) is 32.7 Å². The third kappa shape index (κ3) is 3.52. The lowest BCUT2D eigenvalue weighted by molar-refractivity contribution is -0.119. The molecule has 1 heterocycles. The van der Waals surface area contributed by atoms with Crippen molar-refractivity contribution in [1.29, 1.82) is 0 Å². The largest absolute Gasteiger partial charge is 0.492 e. The Labute approximate surface area is 112 Å². The first kappa shape index (κ1) is 15.6. The number of ketones is 1. The van der Waals surface area contributed by atoms with Crippen LogP contribution >= 0.6 is 11.3 Å².